The lowest BCUT2D eigenvalue weighted by Gasteiger charge is -2.31. The van der Waals surface area contributed by atoms with Crippen LogP contribution in [0, 0.1) is 11.7 Å². The van der Waals surface area contributed by atoms with E-state index in [1.165, 1.54) is 12.1 Å². The molecule has 3 aromatic heterocycles. The van der Waals surface area contributed by atoms with Gasteiger partial charge in [0, 0.05) is 53.6 Å². The summed E-state index contributed by atoms with van der Waals surface area (Å²) >= 11 is 1.59. The molecule has 36 heavy (non-hydrogen) atoms. The van der Waals surface area contributed by atoms with Crippen LogP contribution < -0.4 is 10.2 Å². The van der Waals surface area contributed by atoms with E-state index in [0.29, 0.717) is 5.69 Å². The van der Waals surface area contributed by atoms with Crippen LogP contribution >= 0.6 is 11.3 Å². The van der Waals surface area contributed by atoms with Crippen LogP contribution in [-0.4, -0.2) is 38.6 Å². The van der Waals surface area contributed by atoms with Crippen LogP contribution in [0.15, 0.2) is 78.4 Å². The number of benzene rings is 2. The van der Waals surface area contributed by atoms with Gasteiger partial charge in [-0.3, -0.25) is 9.20 Å². The van der Waals surface area contributed by atoms with E-state index in [0.717, 1.165) is 59.2 Å². The first kappa shape index (κ1) is 22.4. The van der Waals surface area contributed by atoms with Crippen molar-refractivity contribution in [3.63, 3.8) is 0 Å². The first-order valence-corrected chi connectivity index (χ1v) is 12.7. The molecule has 1 aliphatic heterocycles. The molecule has 1 saturated heterocycles. The summed E-state index contributed by atoms with van der Waals surface area (Å²) in [7, 11) is 0. The fraction of sp³-hybridized carbons (Fsp3) is 0.185. The number of fused-ring (bicyclic) bond motifs is 1. The second-order valence-corrected chi connectivity index (χ2v) is 9.71. The molecule has 0 aliphatic carbocycles. The van der Waals surface area contributed by atoms with Gasteiger partial charge in [0.25, 0.3) is 0 Å². The normalized spacial score (nSPS) is 14.3. The van der Waals surface area contributed by atoms with Crippen LogP contribution in [0.25, 0.3) is 27.5 Å². The van der Waals surface area contributed by atoms with Crippen molar-refractivity contribution in [1.29, 1.82) is 0 Å². The van der Waals surface area contributed by atoms with Crippen LogP contribution in [-0.2, 0) is 4.79 Å². The van der Waals surface area contributed by atoms with Gasteiger partial charge in [-0.2, -0.15) is 0 Å². The number of imidazole rings is 1. The number of amides is 1. The zero-order valence-corrected chi connectivity index (χ0v) is 20.2. The molecule has 180 valence electrons. The molecule has 1 fully saturated rings. The highest BCUT2D eigenvalue weighted by Gasteiger charge is 2.26. The van der Waals surface area contributed by atoms with Crippen molar-refractivity contribution in [2.45, 2.75) is 12.8 Å². The molecule has 1 amide bonds. The molecule has 0 radical (unpaired) electrons. The van der Waals surface area contributed by atoms with Crippen molar-refractivity contribution < 1.29 is 9.18 Å². The van der Waals surface area contributed by atoms with Gasteiger partial charge in [-0.05, 0) is 61.4 Å². The smallest absolute Gasteiger partial charge is 0.227 e. The molecule has 0 unspecified atom stereocenters. The predicted octanol–water partition coefficient (Wildman–Crippen LogP) is 5.51. The van der Waals surface area contributed by atoms with E-state index < -0.39 is 0 Å². The lowest BCUT2D eigenvalue weighted by molar-refractivity contribution is -0.120. The molecule has 4 heterocycles. The molecule has 0 atom stereocenters. The largest absolute Gasteiger partial charge is 0.355 e. The molecule has 1 N–H and O–H groups in total. The second-order valence-electron chi connectivity index (χ2n) is 8.83. The lowest BCUT2D eigenvalue weighted by Crippen LogP contribution is -2.38. The Bertz CT molecular complexity index is 1480. The fourth-order valence-electron chi connectivity index (χ4n) is 4.51. The van der Waals surface area contributed by atoms with Gasteiger partial charge in [0.1, 0.15) is 5.82 Å². The topological polar surface area (TPSA) is 75.4 Å². The minimum atomic E-state index is -0.277. The van der Waals surface area contributed by atoms with Crippen molar-refractivity contribution in [1.82, 2.24) is 19.6 Å². The van der Waals surface area contributed by atoms with E-state index in [1.54, 1.807) is 23.5 Å². The summed E-state index contributed by atoms with van der Waals surface area (Å²) in [5.74, 6) is 0.484. The Balaban J connectivity index is 1.06. The van der Waals surface area contributed by atoms with Crippen LogP contribution in [0.3, 0.4) is 0 Å². The number of nitrogens with one attached hydrogen (secondary N) is 1. The maximum atomic E-state index is 13.2. The molecule has 0 bridgehead atoms. The summed E-state index contributed by atoms with van der Waals surface area (Å²) < 4.78 is 15.2. The van der Waals surface area contributed by atoms with Gasteiger partial charge in [0.2, 0.25) is 5.91 Å². The van der Waals surface area contributed by atoms with E-state index in [4.69, 9.17) is 0 Å². The van der Waals surface area contributed by atoms with E-state index in [9.17, 15) is 9.18 Å². The number of carbonyl (C=O) groups is 1. The summed E-state index contributed by atoms with van der Waals surface area (Å²) in [6, 6.07) is 17.9. The SMILES string of the molecule is O=C(Nc1cccc(-c2cn3ccsc3n2)c1)C1CCN(c2ccc(-c3ccc(F)cc3)nn2)CC1. The molecular formula is C27H23FN6OS. The number of nitrogens with zero attached hydrogens (tertiary/aromatic N) is 5. The highest BCUT2D eigenvalue weighted by molar-refractivity contribution is 7.15. The number of halogens is 1. The van der Waals surface area contributed by atoms with Gasteiger partial charge in [0.05, 0.1) is 11.4 Å². The van der Waals surface area contributed by atoms with Gasteiger partial charge >= 0.3 is 0 Å². The maximum Gasteiger partial charge on any atom is 0.227 e. The Morgan fingerprint density at radius 1 is 0.972 bits per heavy atom. The third-order valence-electron chi connectivity index (χ3n) is 6.50. The average molecular weight is 499 g/mol. The Hall–Kier alpha value is -4.11. The summed E-state index contributed by atoms with van der Waals surface area (Å²) in [5.41, 5.74) is 4.16. The number of hydrogen-bond donors (Lipinski definition) is 1. The number of hydrogen-bond acceptors (Lipinski definition) is 6. The number of piperidine rings is 1. The number of thiazole rings is 1. The number of anilines is 2. The van der Waals surface area contributed by atoms with Crippen molar-refractivity contribution in [2.24, 2.45) is 5.92 Å². The van der Waals surface area contributed by atoms with Crippen molar-refractivity contribution in [3.8, 4) is 22.5 Å². The highest BCUT2D eigenvalue weighted by atomic mass is 32.1. The Morgan fingerprint density at radius 3 is 2.56 bits per heavy atom. The second kappa shape index (κ2) is 9.50. The molecule has 6 rings (SSSR count). The van der Waals surface area contributed by atoms with Crippen LogP contribution in [0.2, 0.25) is 0 Å². The van der Waals surface area contributed by atoms with Gasteiger partial charge in [-0.15, -0.1) is 21.5 Å². The van der Waals surface area contributed by atoms with Gasteiger partial charge < -0.3 is 10.2 Å². The zero-order valence-electron chi connectivity index (χ0n) is 19.3. The van der Waals surface area contributed by atoms with E-state index in [1.807, 2.05) is 58.6 Å². The minimum absolute atomic E-state index is 0.0374. The van der Waals surface area contributed by atoms with Crippen LogP contribution in [0.4, 0.5) is 15.9 Å². The van der Waals surface area contributed by atoms with Gasteiger partial charge in [-0.1, -0.05) is 12.1 Å². The van der Waals surface area contributed by atoms with E-state index in [-0.39, 0.29) is 17.6 Å². The van der Waals surface area contributed by atoms with E-state index in [2.05, 4.69) is 25.4 Å². The molecule has 5 aromatic rings. The molecule has 1 aliphatic rings. The lowest BCUT2D eigenvalue weighted by atomic mass is 9.95. The summed E-state index contributed by atoms with van der Waals surface area (Å²) in [6.07, 6.45) is 5.46. The zero-order chi connectivity index (χ0) is 24.5. The number of rotatable bonds is 5. The van der Waals surface area contributed by atoms with Crippen LogP contribution in [0.1, 0.15) is 12.8 Å². The van der Waals surface area contributed by atoms with Gasteiger partial charge in [0.15, 0.2) is 10.8 Å². The molecule has 9 heteroatoms. The monoisotopic (exact) mass is 498 g/mol. The third kappa shape index (κ3) is 4.57. The molecule has 2 aromatic carbocycles. The van der Waals surface area contributed by atoms with Crippen molar-refractivity contribution >= 4 is 33.7 Å². The summed E-state index contributed by atoms with van der Waals surface area (Å²) in [5, 5.41) is 13.8. The number of aromatic nitrogens is 4. The van der Waals surface area contributed by atoms with Crippen molar-refractivity contribution in [3.05, 3.63) is 84.3 Å². The van der Waals surface area contributed by atoms with Gasteiger partial charge in [-0.25, -0.2) is 9.37 Å². The molecular weight excluding hydrogens is 475 g/mol. The average Bonchev–Trinajstić information content (AvgIpc) is 3.53. The quantitative estimate of drug-likeness (QED) is 0.346. The molecule has 0 spiro atoms. The highest BCUT2D eigenvalue weighted by Crippen LogP contribution is 2.27. The Morgan fingerprint density at radius 2 is 1.81 bits per heavy atom. The third-order valence-corrected chi connectivity index (χ3v) is 7.27. The standard InChI is InChI=1S/C27H23FN6OS/c28-21-6-4-18(5-7-21)23-8-9-25(32-31-23)33-12-10-19(11-13-33)26(35)29-22-3-1-2-20(16-22)24-17-34-14-15-36-27(34)30-24/h1-9,14-17,19H,10-13H2,(H,29,35). The first-order valence-electron chi connectivity index (χ1n) is 11.8. The Labute approximate surface area is 211 Å². The predicted molar refractivity (Wildman–Crippen MR) is 139 cm³/mol. The van der Waals surface area contributed by atoms with E-state index >= 15 is 0 Å². The van der Waals surface area contributed by atoms with Crippen LogP contribution in [0.5, 0.6) is 0 Å². The minimum Gasteiger partial charge on any atom is -0.355 e. The maximum absolute atomic E-state index is 13.2. The summed E-state index contributed by atoms with van der Waals surface area (Å²) in [4.78, 5) is 20.7. The first-order chi connectivity index (χ1) is 17.6. The van der Waals surface area contributed by atoms with Crippen molar-refractivity contribution in [2.75, 3.05) is 23.3 Å². The Kier molecular flexibility index (Phi) is 5.90. The summed E-state index contributed by atoms with van der Waals surface area (Å²) in [6.45, 7) is 1.46. The molecule has 0 saturated carbocycles. The number of carbonyl (C=O) groups excluding carboxylic acids is 1. The fourth-order valence-corrected chi connectivity index (χ4v) is 5.21. The molecule has 7 nitrogen and oxygen atoms in total.